The van der Waals surface area contributed by atoms with Gasteiger partial charge in [0.15, 0.2) is 0 Å². The lowest BCUT2D eigenvalue weighted by molar-refractivity contribution is -0.137. The number of rotatable bonds is 3. The molecular weight excluding hydrogens is 394 g/mol. The molecule has 3 aromatic heterocycles. The van der Waals surface area contributed by atoms with Gasteiger partial charge in [-0.3, -0.25) is 4.79 Å². The summed E-state index contributed by atoms with van der Waals surface area (Å²) in [7, 11) is 0. The highest BCUT2D eigenvalue weighted by Crippen LogP contribution is 2.32. The first-order valence-electron chi connectivity index (χ1n) is 8.81. The number of carbonyl (C=O) groups is 1. The van der Waals surface area contributed by atoms with Crippen molar-refractivity contribution in [3.8, 4) is 11.5 Å². The van der Waals surface area contributed by atoms with Crippen LogP contribution in [0.1, 0.15) is 40.6 Å². The van der Waals surface area contributed by atoms with Crippen LogP contribution in [0, 0.1) is 5.95 Å². The van der Waals surface area contributed by atoms with Gasteiger partial charge < -0.3 is 14.4 Å². The number of carbonyl (C=O) groups excluding carboxylic acids is 1. The third-order valence-electron chi connectivity index (χ3n) is 4.73. The molecule has 29 heavy (non-hydrogen) atoms. The highest BCUT2D eigenvalue weighted by molar-refractivity contribution is 5.94. The maximum atomic E-state index is 13.0. The highest BCUT2D eigenvalue weighted by atomic mass is 19.4. The number of alkyl halides is 3. The number of pyridine rings is 1. The monoisotopic (exact) mass is 409 g/mol. The fraction of sp³-hybridized carbons (Fsp3) is 0.333. The molecule has 0 aliphatic carbocycles. The summed E-state index contributed by atoms with van der Waals surface area (Å²) in [4.78, 5) is 24.4. The molecule has 7 nitrogen and oxygen atoms in total. The number of amides is 1. The fourth-order valence-electron chi connectivity index (χ4n) is 3.25. The molecule has 0 aromatic carbocycles. The maximum absolute atomic E-state index is 13.0. The summed E-state index contributed by atoms with van der Waals surface area (Å²) in [6.07, 6.45) is -1.09. The molecule has 0 bridgehead atoms. The molecule has 1 aliphatic heterocycles. The Hall–Kier alpha value is -3.24. The highest BCUT2D eigenvalue weighted by Gasteiger charge is 2.33. The van der Waals surface area contributed by atoms with Crippen LogP contribution in [0.5, 0.6) is 0 Å². The summed E-state index contributed by atoms with van der Waals surface area (Å²) in [5.74, 6) is -0.949. The van der Waals surface area contributed by atoms with Crippen LogP contribution < -0.4 is 0 Å². The van der Waals surface area contributed by atoms with E-state index in [2.05, 4.69) is 20.1 Å². The lowest BCUT2D eigenvalue weighted by atomic mass is 9.97. The third kappa shape index (κ3) is 3.98. The van der Waals surface area contributed by atoms with Crippen molar-refractivity contribution < 1.29 is 26.9 Å². The van der Waals surface area contributed by atoms with E-state index in [0.717, 1.165) is 18.3 Å². The molecule has 0 spiro atoms. The van der Waals surface area contributed by atoms with Gasteiger partial charge in [0.05, 0.1) is 22.7 Å². The summed E-state index contributed by atoms with van der Waals surface area (Å²) in [5.41, 5.74) is -0.473. The second-order valence-corrected chi connectivity index (χ2v) is 6.72. The van der Waals surface area contributed by atoms with E-state index in [1.165, 1.54) is 12.3 Å². The second kappa shape index (κ2) is 7.30. The van der Waals surface area contributed by atoms with Crippen LogP contribution in [0.2, 0.25) is 0 Å². The molecule has 0 saturated carbocycles. The van der Waals surface area contributed by atoms with Crippen molar-refractivity contribution >= 4 is 5.91 Å². The first kappa shape index (κ1) is 19.1. The van der Waals surface area contributed by atoms with Crippen LogP contribution in [0.25, 0.3) is 11.5 Å². The quantitative estimate of drug-likeness (QED) is 0.527. The van der Waals surface area contributed by atoms with Gasteiger partial charge in [-0.25, -0.2) is 4.98 Å². The Morgan fingerprint density at radius 3 is 2.83 bits per heavy atom. The summed E-state index contributed by atoms with van der Waals surface area (Å²) in [6.45, 7) is 0.815. The van der Waals surface area contributed by atoms with E-state index >= 15 is 0 Å². The first-order chi connectivity index (χ1) is 13.8. The lowest BCUT2D eigenvalue weighted by Gasteiger charge is -2.31. The number of aromatic nitrogens is 4. The number of nitrogens with one attached hydrogen (secondary N) is 1. The number of likely N-dealkylation sites (tertiary alicyclic amines) is 1. The molecule has 4 heterocycles. The van der Waals surface area contributed by atoms with Gasteiger partial charge in [-0.1, -0.05) is 5.16 Å². The van der Waals surface area contributed by atoms with Crippen LogP contribution in [0.4, 0.5) is 17.6 Å². The maximum Gasteiger partial charge on any atom is 0.417 e. The minimum absolute atomic E-state index is 0.0154. The summed E-state index contributed by atoms with van der Waals surface area (Å²) < 4.78 is 56.4. The molecule has 4 rings (SSSR count). The Morgan fingerprint density at radius 2 is 2.14 bits per heavy atom. The summed E-state index contributed by atoms with van der Waals surface area (Å²) in [6, 6.07) is 3.39. The van der Waals surface area contributed by atoms with Crippen LogP contribution in [-0.2, 0) is 6.18 Å². The molecule has 1 N–H and O–H groups in total. The smallest absolute Gasteiger partial charge is 0.358 e. The van der Waals surface area contributed by atoms with Gasteiger partial charge in [0.2, 0.25) is 17.7 Å². The summed E-state index contributed by atoms with van der Waals surface area (Å²) in [5, 5.41) is 3.75. The van der Waals surface area contributed by atoms with Crippen molar-refractivity contribution in [3.05, 3.63) is 53.6 Å². The van der Waals surface area contributed by atoms with E-state index in [9.17, 15) is 22.4 Å². The number of aromatic amines is 1. The molecule has 11 heteroatoms. The fourth-order valence-corrected chi connectivity index (χ4v) is 3.25. The Bertz CT molecular complexity index is 1010. The molecule has 1 unspecified atom stereocenters. The molecule has 1 saturated heterocycles. The van der Waals surface area contributed by atoms with Gasteiger partial charge in [-0.2, -0.15) is 22.5 Å². The van der Waals surface area contributed by atoms with Gasteiger partial charge in [0.25, 0.3) is 5.91 Å². The zero-order valence-electron chi connectivity index (χ0n) is 14.9. The van der Waals surface area contributed by atoms with Gasteiger partial charge >= 0.3 is 6.18 Å². The van der Waals surface area contributed by atoms with Crippen molar-refractivity contribution in [2.75, 3.05) is 13.1 Å². The Labute approximate surface area is 161 Å². The van der Waals surface area contributed by atoms with Crippen LogP contribution in [0.15, 0.2) is 35.1 Å². The SMILES string of the molecule is O=C(c1ccc(F)nc1)N1CCCC(c2nc(-c3cc(C(F)(F)F)c[nH]3)no2)C1. The molecule has 1 fully saturated rings. The van der Waals surface area contributed by atoms with E-state index in [1.54, 1.807) is 4.90 Å². The molecule has 1 amide bonds. The van der Waals surface area contributed by atoms with E-state index in [4.69, 9.17) is 4.52 Å². The number of piperidine rings is 1. The standard InChI is InChI=1S/C18H15F4N5O2/c19-14-4-3-10(7-24-14)17(28)27-5-1-2-11(9-27)16-25-15(26-29-16)13-6-12(8-23-13)18(20,21)22/h3-4,6-8,11,23H,1-2,5,9H2. The van der Waals surface area contributed by atoms with Gasteiger partial charge in [0, 0.05) is 25.5 Å². The van der Waals surface area contributed by atoms with E-state index in [0.29, 0.717) is 25.9 Å². The molecule has 152 valence electrons. The van der Waals surface area contributed by atoms with Crippen molar-refractivity contribution in [2.24, 2.45) is 0 Å². The topological polar surface area (TPSA) is 87.9 Å². The molecule has 1 aliphatic rings. The van der Waals surface area contributed by atoms with E-state index in [1.807, 2.05) is 0 Å². The Morgan fingerprint density at radius 1 is 1.31 bits per heavy atom. The second-order valence-electron chi connectivity index (χ2n) is 6.72. The lowest BCUT2D eigenvalue weighted by Crippen LogP contribution is -2.39. The zero-order chi connectivity index (χ0) is 20.6. The summed E-state index contributed by atoms with van der Waals surface area (Å²) >= 11 is 0. The van der Waals surface area contributed by atoms with Gasteiger partial charge in [-0.05, 0) is 31.0 Å². The van der Waals surface area contributed by atoms with Crippen LogP contribution in [-0.4, -0.2) is 44.0 Å². The van der Waals surface area contributed by atoms with Gasteiger partial charge in [-0.15, -0.1) is 0 Å². The van der Waals surface area contributed by atoms with E-state index < -0.39 is 17.7 Å². The van der Waals surface area contributed by atoms with Crippen molar-refractivity contribution in [1.29, 1.82) is 0 Å². The molecule has 3 aromatic rings. The largest absolute Gasteiger partial charge is 0.417 e. The zero-order valence-corrected chi connectivity index (χ0v) is 14.9. The number of nitrogens with zero attached hydrogens (tertiary/aromatic N) is 4. The third-order valence-corrected chi connectivity index (χ3v) is 4.73. The number of hydrogen-bond donors (Lipinski definition) is 1. The molecule has 0 radical (unpaired) electrons. The Kier molecular flexibility index (Phi) is 4.81. The Balaban J connectivity index is 1.48. The predicted molar refractivity (Wildman–Crippen MR) is 91.2 cm³/mol. The average molecular weight is 409 g/mol. The first-order valence-corrected chi connectivity index (χ1v) is 8.81. The number of halogens is 4. The predicted octanol–water partition coefficient (Wildman–Crippen LogP) is 3.64. The van der Waals surface area contributed by atoms with Crippen LogP contribution >= 0.6 is 0 Å². The molecular formula is C18H15F4N5O2. The van der Waals surface area contributed by atoms with E-state index in [-0.39, 0.29) is 34.8 Å². The van der Waals surface area contributed by atoms with Gasteiger partial charge in [0.1, 0.15) is 0 Å². The number of hydrogen-bond acceptors (Lipinski definition) is 5. The minimum Gasteiger partial charge on any atom is -0.358 e. The van der Waals surface area contributed by atoms with Crippen molar-refractivity contribution in [1.82, 2.24) is 25.0 Å². The van der Waals surface area contributed by atoms with Crippen molar-refractivity contribution in [3.63, 3.8) is 0 Å². The minimum atomic E-state index is -4.47. The van der Waals surface area contributed by atoms with Crippen LogP contribution in [0.3, 0.4) is 0 Å². The molecule has 1 atom stereocenters. The average Bonchev–Trinajstić information content (AvgIpc) is 3.37. The van der Waals surface area contributed by atoms with Crippen molar-refractivity contribution in [2.45, 2.75) is 24.9 Å². The number of H-pyrrole nitrogens is 1. The normalized spacial score (nSPS) is 17.5.